The first-order valence-electron chi connectivity index (χ1n) is 6.81. The first kappa shape index (κ1) is 14.0. The zero-order chi connectivity index (χ0) is 13.9. The molecular formula is C13H17BrFN3O2. The van der Waals surface area contributed by atoms with Gasteiger partial charge < -0.3 is 20.1 Å². The Labute approximate surface area is 125 Å². The highest BCUT2D eigenvalue weighted by Gasteiger charge is 2.21. The summed E-state index contributed by atoms with van der Waals surface area (Å²) < 4.78 is 25.1. The van der Waals surface area contributed by atoms with Crippen LogP contribution in [-0.2, 0) is 0 Å². The zero-order valence-corrected chi connectivity index (χ0v) is 12.6. The van der Waals surface area contributed by atoms with Crippen molar-refractivity contribution in [2.45, 2.75) is 24.9 Å². The minimum atomic E-state index is -0.587. The van der Waals surface area contributed by atoms with Gasteiger partial charge in [-0.3, -0.25) is 0 Å². The van der Waals surface area contributed by atoms with Crippen molar-refractivity contribution in [3.8, 4) is 11.6 Å². The molecule has 2 N–H and O–H groups in total. The summed E-state index contributed by atoms with van der Waals surface area (Å²) in [5.74, 6) is 0.112. The van der Waals surface area contributed by atoms with E-state index in [2.05, 4.69) is 31.5 Å². The summed E-state index contributed by atoms with van der Waals surface area (Å²) >= 11 is 3.12. The Morgan fingerprint density at radius 3 is 2.35 bits per heavy atom. The SMILES string of the molecule is Fc1nc(OC[C@H]2CCN2)c(OC[C@H]2CCN2)cc1Br. The van der Waals surface area contributed by atoms with Gasteiger partial charge in [0, 0.05) is 18.2 Å². The van der Waals surface area contributed by atoms with Crippen LogP contribution in [0.4, 0.5) is 4.39 Å². The van der Waals surface area contributed by atoms with E-state index in [-0.39, 0.29) is 10.4 Å². The normalized spacial score (nSPS) is 24.7. The van der Waals surface area contributed by atoms with E-state index < -0.39 is 5.95 Å². The Balaban J connectivity index is 1.65. The van der Waals surface area contributed by atoms with Gasteiger partial charge in [0.15, 0.2) is 5.75 Å². The predicted molar refractivity (Wildman–Crippen MR) is 75.7 cm³/mol. The number of pyridine rings is 1. The molecule has 3 heterocycles. The quantitative estimate of drug-likeness (QED) is 0.764. The van der Waals surface area contributed by atoms with Gasteiger partial charge in [0.25, 0.3) is 5.88 Å². The van der Waals surface area contributed by atoms with Crippen LogP contribution in [0.15, 0.2) is 10.5 Å². The molecule has 1 aromatic heterocycles. The number of aromatic nitrogens is 1. The number of hydrogen-bond donors (Lipinski definition) is 2. The Morgan fingerprint density at radius 2 is 1.80 bits per heavy atom. The molecule has 0 radical (unpaired) electrons. The van der Waals surface area contributed by atoms with Gasteiger partial charge in [-0.2, -0.15) is 9.37 Å². The van der Waals surface area contributed by atoms with Gasteiger partial charge in [-0.25, -0.2) is 0 Å². The van der Waals surface area contributed by atoms with Crippen molar-refractivity contribution in [3.05, 3.63) is 16.5 Å². The second kappa shape index (κ2) is 6.24. The van der Waals surface area contributed by atoms with Crippen LogP contribution in [0, 0.1) is 5.95 Å². The molecule has 3 rings (SSSR count). The summed E-state index contributed by atoms with van der Waals surface area (Å²) in [5.41, 5.74) is 0. The van der Waals surface area contributed by atoms with E-state index in [9.17, 15) is 4.39 Å². The van der Waals surface area contributed by atoms with Gasteiger partial charge in [-0.05, 0) is 41.9 Å². The molecule has 2 fully saturated rings. The Kier molecular flexibility index (Phi) is 4.38. The Bertz CT molecular complexity index is 438. The average Bonchev–Trinajstić information content (AvgIpc) is 2.30. The molecule has 0 bridgehead atoms. The monoisotopic (exact) mass is 345 g/mol. The minimum absolute atomic E-state index is 0.221. The maximum Gasteiger partial charge on any atom is 0.259 e. The largest absolute Gasteiger partial charge is 0.486 e. The lowest BCUT2D eigenvalue weighted by Crippen LogP contribution is -2.47. The molecule has 2 saturated heterocycles. The van der Waals surface area contributed by atoms with Crippen molar-refractivity contribution in [3.63, 3.8) is 0 Å². The second-order valence-corrected chi connectivity index (χ2v) is 5.92. The lowest BCUT2D eigenvalue weighted by Gasteiger charge is -2.28. The molecule has 0 aromatic carbocycles. The summed E-state index contributed by atoms with van der Waals surface area (Å²) in [6, 6.07) is 2.26. The fourth-order valence-electron chi connectivity index (χ4n) is 1.99. The lowest BCUT2D eigenvalue weighted by molar-refractivity contribution is 0.181. The van der Waals surface area contributed by atoms with Crippen LogP contribution >= 0.6 is 15.9 Å². The number of ether oxygens (including phenoxy) is 2. The van der Waals surface area contributed by atoms with Crippen LogP contribution < -0.4 is 20.1 Å². The Morgan fingerprint density at radius 1 is 1.20 bits per heavy atom. The summed E-state index contributed by atoms with van der Waals surface area (Å²) in [6.45, 7) is 3.05. The second-order valence-electron chi connectivity index (χ2n) is 5.07. The van der Waals surface area contributed by atoms with Crippen LogP contribution in [0.2, 0.25) is 0 Å². The minimum Gasteiger partial charge on any atom is -0.486 e. The molecule has 2 aliphatic heterocycles. The smallest absolute Gasteiger partial charge is 0.259 e. The molecule has 20 heavy (non-hydrogen) atoms. The number of nitrogens with zero attached hydrogens (tertiary/aromatic N) is 1. The highest BCUT2D eigenvalue weighted by atomic mass is 79.9. The van der Waals surface area contributed by atoms with E-state index in [0.29, 0.717) is 31.0 Å². The molecule has 2 aliphatic rings. The first-order valence-corrected chi connectivity index (χ1v) is 7.60. The molecule has 0 amide bonds. The maximum absolute atomic E-state index is 13.5. The molecular weight excluding hydrogens is 329 g/mol. The van der Waals surface area contributed by atoms with Crippen molar-refractivity contribution in [1.82, 2.24) is 15.6 Å². The van der Waals surface area contributed by atoms with Crippen LogP contribution in [0.1, 0.15) is 12.8 Å². The average molecular weight is 346 g/mol. The van der Waals surface area contributed by atoms with Crippen molar-refractivity contribution in [2.24, 2.45) is 0 Å². The fourth-order valence-corrected chi connectivity index (χ4v) is 2.29. The molecule has 2 atom stereocenters. The summed E-state index contributed by atoms with van der Waals surface area (Å²) in [7, 11) is 0. The van der Waals surface area contributed by atoms with E-state index in [4.69, 9.17) is 9.47 Å². The highest BCUT2D eigenvalue weighted by molar-refractivity contribution is 9.10. The van der Waals surface area contributed by atoms with E-state index in [1.807, 2.05) is 0 Å². The summed E-state index contributed by atoms with van der Waals surface area (Å²) in [4.78, 5) is 3.82. The molecule has 0 unspecified atom stereocenters. The van der Waals surface area contributed by atoms with Gasteiger partial charge in [-0.1, -0.05) is 0 Å². The zero-order valence-electron chi connectivity index (χ0n) is 11.0. The topological polar surface area (TPSA) is 55.4 Å². The molecule has 110 valence electrons. The predicted octanol–water partition coefficient (Wildman–Crippen LogP) is 1.46. The van der Waals surface area contributed by atoms with E-state index in [0.717, 1.165) is 25.9 Å². The maximum atomic E-state index is 13.5. The van der Waals surface area contributed by atoms with E-state index in [1.165, 1.54) is 0 Å². The van der Waals surface area contributed by atoms with Gasteiger partial charge >= 0.3 is 0 Å². The molecule has 0 saturated carbocycles. The van der Waals surface area contributed by atoms with E-state index in [1.54, 1.807) is 6.07 Å². The lowest BCUT2D eigenvalue weighted by atomic mass is 10.1. The Hall–Kier alpha value is -0.920. The fraction of sp³-hybridized carbons (Fsp3) is 0.615. The van der Waals surface area contributed by atoms with Crippen LogP contribution in [0.25, 0.3) is 0 Å². The third-order valence-electron chi connectivity index (χ3n) is 3.58. The first-order chi connectivity index (χ1) is 9.72. The van der Waals surface area contributed by atoms with Crippen molar-refractivity contribution in [1.29, 1.82) is 0 Å². The van der Waals surface area contributed by atoms with Crippen LogP contribution in [0.3, 0.4) is 0 Å². The number of hydrogen-bond acceptors (Lipinski definition) is 5. The van der Waals surface area contributed by atoms with Crippen LogP contribution in [-0.4, -0.2) is 43.4 Å². The van der Waals surface area contributed by atoms with Gasteiger partial charge in [0.05, 0.1) is 4.47 Å². The van der Waals surface area contributed by atoms with Crippen LogP contribution in [0.5, 0.6) is 11.6 Å². The molecule has 0 spiro atoms. The van der Waals surface area contributed by atoms with Crippen molar-refractivity contribution >= 4 is 15.9 Å². The van der Waals surface area contributed by atoms with Gasteiger partial charge in [0.2, 0.25) is 5.95 Å². The third-order valence-corrected chi connectivity index (χ3v) is 4.13. The number of rotatable bonds is 6. The highest BCUT2D eigenvalue weighted by Crippen LogP contribution is 2.30. The van der Waals surface area contributed by atoms with Gasteiger partial charge in [-0.15, -0.1) is 0 Å². The molecule has 7 heteroatoms. The molecule has 1 aromatic rings. The molecule has 0 aliphatic carbocycles. The standard InChI is InChI=1S/C13H17BrFN3O2/c14-10-5-11(19-6-8-1-3-16-8)13(18-12(10)15)20-7-9-2-4-17-9/h5,8-9,16-17H,1-4,6-7H2/t8-,9-/m1/s1. The van der Waals surface area contributed by atoms with Crippen molar-refractivity contribution < 1.29 is 13.9 Å². The molecule has 5 nitrogen and oxygen atoms in total. The third kappa shape index (κ3) is 3.21. The van der Waals surface area contributed by atoms with E-state index >= 15 is 0 Å². The van der Waals surface area contributed by atoms with Crippen molar-refractivity contribution in [2.75, 3.05) is 26.3 Å². The summed E-state index contributed by atoms with van der Waals surface area (Å²) in [5, 5.41) is 6.47. The summed E-state index contributed by atoms with van der Waals surface area (Å²) in [6.07, 6.45) is 2.17. The number of halogens is 2. The number of nitrogens with one attached hydrogen (secondary N) is 2. The van der Waals surface area contributed by atoms with Gasteiger partial charge in [0.1, 0.15) is 13.2 Å².